The van der Waals surface area contributed by atoms with E-state index in [0.717, 1.165) is 16.3 Å². The molecule has 0 aliphatic rings. The van der Waals surface area contributed by atoms with Crippen molar-refractivity contribution in [1.82, 2.24) is 0 Å². The Balaban J connectivity index is 0.000000289. The van der Waals surface area contributed by atoms with Crippen LogP contribution in [0.3, 0.4) is 0 Å². The quantitative estimate of drug-likeness (QED) is 0.0390. The van der Waals surface area contributed by atoms with Gasteiger partial charge in [-0.05, 0) is 11.5 Å². The van der Waals surface area contributed by atoms with Crippen LogP contribution in [0.4, 0.5) is 87.8 Å². The molecular weight excluding hydrogens is 949 g/mol. The molecule has 0 radical (unpaired) electrons. The molecule has 6 aromatic carbocycles. The van der Waals surface area contributed by atoms with E-state index in [9.17, 15) is 57.5 Å². The summed E-state index contributed by atoms with van der Waals surface area (Å²) in [5.41, 5.74) is -13.6. The minimum atomic E-state index is -7.22. The largest absolute Gasteiger partial charge is 0.287 e. The summed E-state index contributed by atoms with van der Waals surface area (Å²) >= 11 is 6.18. The molecule has 0 atom stereocenters. The molecule has 0 amide bonds. The standard InChI is InChI=1S/C24BF20.C17H13ClNO/c26-5-1(6(27)14(35)21(42)13(5)34)25(2-7(28)15(36)22(43)16(37)8(2)29,3-9(30)17(38)23(44)18(39)10(3)31)4-11(32)19(40)24(45)20(41)12(4)33;18-16-8-4-7-13-9-10-19(11-15(13)16)12-17(20)14-5-2-1-3-6-14/h;1-11H,12H2/q-1;+1. The summed E-state index contributed by atoms with van der Waals surface area (Å²) in [6.45, 7) is 0.311. The van der Waals surface area contributed by atoms with Gasteiger partial charge in [0.1, 0.15) is 52.7 Å². The second-order valence-electron chi connectivity index (χ2n) is 13.4. The Morgan fingerprint density at radius 1 is 0.400 bits per heavy atom. The summed E-state index contributed by atoms with van der Waals surface area (Å²) in [6, 6.07) is 17.1. The fraction of sp³-hybridized carbons (Fsp3) is 0.0244. The van der Waals surface area contributed by atoms with Gasteiger partial charge in [0, 0.05) is 11.6 Å². The lowest BCUT2D eigenvalue weighted by atomic mass is 9.12. The van der Waals surface area contributed by atoms with Gasteiger partial charge in [-0.3, -0.25) is 4.79 Å². The van der Waals surface area contributed by atoms with Gasteiger partial charge in [-0.2, -0.15) is 4.57 Å². The van der Waals surface area contributed by atoms with E-state index in [1.807, 2.05) is 71.6 Å². The maximum absolute atomic E-state index is 15.4. The second kappa shape index (κ2) is 17.7. The van der Waals surface area contributed by atoms with Crippen molar-refractivity contribution in [2.45, 2.75) is 6.54 Å². The van der Waals surface area contributed by atoms with Crippen molar-refractivity contribution in [2.75, 3.05) is 0 Å². The average molecular weight is 962 g/mol. The van der Waals surface area contributed by atoms with Crippen LogP contribution in [0.25, 0.3) is 10.8 Å². The number of nitrogens with zero attached hydrogens (tertiary/aromatic N) is 1. The van der Waals surface area contributed by atoms with Crippen LogP contribution in [0, 0.1) is 116 Å². The number of ketones is 1. The molecule has 0 aliphatic heterocycles. The van der Waals surface area contributed by atoms with E-state index in [0.29, 0.717) is 11.6 Å². The third-order valence-corrected chi connectivity index (χ3v) is 10.3. The van der Waals surface area contributed by atoms with Crippen LogP contribution in [-0.4, -0.2) is 11.9 Å². The number of fused-ring (bicyclic) bond motifs is 1. The van der Waals surface area contributed by atoms with Crippen molar-refractivity contribution < 1.29 is 97.2 Å². The predicted octanol–water partition coefficient (Wildman–Crippen LogP) is 9.51. The second-order valence-corrected chi connectivity index (χ2v) is 13.9. The van der Waals surface area contributed by atoms with Gasteiger partial charge in [-0.15, -0.1) is 21.9 Å². The molecule has 0 saturated heterocycles. The molecule has 0 spiro atoms. The zero-order valence-electron chi connectivity index (χ0n) is 30.9. The van der Waals surface area contributed by atoms with Crippen LogP contribution in [0.15, 0.2) is 67.0 Å². The molecule has 338 valence electrons. The Bertz CT molecular complexity index is 2730. The summed E-state index contributed by atoms with van der Waals surface area (Å²) in [5, 5.41) is 2.72. The summed E-state index contributed by atoms with van der Waals surface area (Å²) in [6.07, 6.45) is -3.40. The van der Waals surface area contributed by atoms with E-state index >= 15 is 35.1 Å². The normalized spacial score (nSPS) is 11.6. The van der Waals surface area contributed by atoms with Crippen LogP contribution < -0.4 is 26.4 Å². The maximum Gasteiger partial charge on any atom is 0.227 e. The summed E-state index contributed by atoms with van der Waals surface area (Å²) < 4.78 is 296. The minimum absolute atomic E-state index is 0.0852. The molecule has 0 N–H and O–H groups in total. The fourth-order valence-electron chi connectivity index (χ4n) is 7.07. The smallest absolute Gasteiger partial charge is 0.227 e. The van der Waals surface area contributed by atoms with Crippen molar-refractivity contribution in [1.29, 1.82) is 0 Å². The fourth-order valence-corrected chi connectivity index (χ4v) is 7.30. The first kappa shape index (κ1) is 47.8. The Kier molecular flexibility index (Phi) is 13.0. The Morgan fingerprint density at radius 3 is 1.03 bits per heavy atom. The summed E-state index contributed by atoms with van der Waals surface area (Å²) in [4.78, 5) is 12.2. The van der Waals surface area contributed by atoms with Crippen molar-refractivity contribution in [3.05, 3.63) is 194 Å². The Hall–Kier alpha value is -6.65. The zero-order valence-corrected chi connectivity index (χ0v) is 31.7. The van der Waals surface area contributed by atoms with Gasteiger partial charge in [-0.25, -0.2) is 87.8 Å². The average Bonchev–Trinajstić information content (AvgIpc) is 3.29. The van der Waals surface area contributed by atoms with E-state index < -0.39 is 144 Å². The van der Waals surface area contributed by atoms with E-state index in [2.05, 4.69) is 0 Å². The van der Waals surface area contributed by atoms with Crippen molar-refractivity contribution in [2.24, 2.45) is 0 Å². The number of pyridine rings is 1. The molecular formula is C41H13BClF20NO. The number of halogens is 21. The lowest BCUT2D eigenvalue weighted by Crippen LogP contribution is -2.81. The highest BCUT2D eigenvalue weighted by Gasteiger charge is 2.52. The van der Waals surface area contributed by atoms with Gasteiger partial charge < -0.3 is 0 Å². The van der Waals surface area contributed by atoms with E-state index in [1.54, 1.807) is 0 Å². The topological polar surface area (TPSA) is 20.9 Å². The number of carbonyl (C=O) groups is 1. The monoisotopic (exact) mass is 961 g/mol. The summed E-state index contributed by atoms with van der Waals surface area (Å²) in [5.74, 6) is -71.3. The first-order valence-electron chi connectivity index (χ1n) is 17.3. The van der Waals surface area contributed by atoms with Gasteiger partial charge in [0.2, 0.25) is 12.3 Å². The van der Waals surface area contributed by atoms with Crippen LogP contribution in [0.2, 0.25) is 5.02 Å². The SMILES string of the molecule is Fc1c(F)c(F)c([B-](c2c(F)c(F)c(F)c(F)c2F)(c2c(F)c(F)c(F)c(F)c2F)c2c(F)c(F)c(F)c(F)c2F)c(F)c1F.O=C(C[n+]1ccc2cccc(Cl)c2c1)c1ccccc1. The number of rotatable bonds is 7. The predicted molar refractivity (Wildman–Crippen MR) is 189 cm³/mol. The van der Waals surface area contributed by atoms with Gasteiger partial charge in [-0.1, -0.05) is 54.1 Å². The zero-order chi connectivity index (χ0) is 48.3. The third-order valence-electron chi connectivity index (χ3n) is 9.96. The van der Waals surface area contributed by atoms with E-state index in [-0.39, 0.29) is 5.78 Å². The molecule has 1 heterocycles. The van der Waals surface area contributed by atoms with Crippen LogP contribution in [-0.2, 0) is 6.54 Å². The number of carbonyl (C=O) groups excluding carboxylic acids is 1. The van der Waals surface area contributed by atoms with Gasteiger partial charge in [0.25, 0.3) is 0 Å². The number of hydrogen-bond donors (Lipinski definition) is 0. The van der Waals surface area contributed by atoms with Crippen molar-refractivity contribution in [3.63, 3.8) is 0 Å². The molecule has 2 nitrogen and oxygen atoms in total. The molecule has 0 fully saturated rings. The lowest BCUT2D eigenvalue weighted by Gasteiger charge is -2.44. The Morgan fingerprint density at radius 2 is 0.708 bits per heavy atom. The van der Waals surface area contributed by atoms with Crippen molar-refractivity contribution >= 4 is 56.2 Å². The molecule has 24 heteroatoms. The van der Waals surface area contributed by atoms with Gasteiger partial charge in [0.05, 0.1) is 10.4 Å². The molecule has 0 aliphatic carbocycles. The number of Topliss-reactive ketones (excluding diaryl/α,β-unsaturated/α-hetero) is 1. The molecule has 0 unspecified atom stereocenters. The Labute approximate surface area is 353 Å². The molecule has 1 aromatic heterocycles. The number of aromatic nitrogens is 1. The molecule has 0 saturated carbocycles. The third kappa shape index (κ3) is 7.57. The highest BCUT2D eigenvalue weighted by molar-refractivity contribution is 7.20. The minimum Gasteiger partial charge on any atom is -0.287 e. The molecule has 0 bridgehead atoms. The van der Waals surface area contributed by atoms with Crippen LogP contribution >= 0.6 is 11.6 Å². The van der Waals surface area contributed by atoms with Gasteiger partial charge in [0.15, 0.2) is 82.2 Å². The summed E-state index contributed by atoms with van der Waals surface area (Å²) in [7, 11) is 0. The van der Waals surface area contributed by atoms with Crippen molar-refractivity contribution in [3.8, 4) is 0 Å². The van der Waals surface area contributed by atoms with Gasteiger partial charge >= 0.3 is 0 Å². The lowest BCUT2D eigenvalue weighted by molar-refractivity contribution is -0.681. The highest BCUT2D eigenvalue weighted by Crippen LogP contribution is 2.31. The number of hydrogen-bond acceptors (Lipinski definition) is 1. The van der Waals surface area contributed by atoms with E-state index in [4.69, 9.17) is 11.6 Å². The molecule has 7 rings (SSSR count). The first-order chi connectivity index (χ1) is 30.4. The highest BCUT2D eigenvalue weighted by atomic mass is 35.5. The maximum atomic E-state index is 15.4. The number of benzene rings is 6. The molecule has 7 aromatic rings. The van der Waals surface area contributed by atoms with Crippen LogP contribution in [0.5, 0.6) is 0 Å². The molecule has 65 heavy (non-hydrogen) atoms. The first-order valence-corrected chi connectivity index (χ1v) is 17.7. The van der Waals surface area contributed by atoms with E-state index in [1.165, 1.54) is 0 Å². The van der Waals surface area contributed by atoms with Crippen LogP contribution in [0.1, 0.15) is 10.4 Å².